The van der Waals surface area contributed by atoms with Crippen molar-refractivity contribution in [3.63, 3.8) is 0 Å². The molecule has 1 aliphatic rings. The van der Waals surface area contributed by atoms with Crippen molar-refractivity contribution < 1.29 is 4.79 Å². The third-order valence-corrected chi connectivity index (χ3v) is 4.35. The van der Waals surface area contributed by atoms with Crippen molar-refractivity contribution in [3.8, 4) is 0 Å². The maximum atomic E-state index is 11.4. The average Bonchev–Trinajstić information content (AvgIpc) is 2.49. The summed E-state index contributed by atoms with van der Waals surface area (Å²) >= 11 is 7.57. The number of carbonyl (C=O) groups is 1. The molecule has 0 saturated heterocycles. The molecule has 1 aliphatic heterocycles. The molecule has 0 saturated carbocycles. The van der Waals surface area contributed by atoms with Crippen LogP contribution in [-0.4, -0.2) is 23.2 Å². The van der Waals surface area contributed by atoms with Crippen LogP contribution in [0.25, 0.3) is 0 Å². The van der Waals surface area contributed by atoms with Crippen LogP contribution in [0.15, 0.2) is 6.07 Å². The van der Waals surface area contributed by atoms with E-state index >= 15 is 0 Å². The minimum atomic E-state index is 0.181. The molecule has 0 N–H and O–H groups in total. The van der Waals surface area contributed by atoms with Gasteiger partial charge in [-0.25, -0.2) is 0 Å². The van der Waals surface area contributed by atoms with Crippen molar-refractivity contribution in [3.05, 3.63) is 21.4 Å². The molecule has 0 radical (unpaired) electrons. The molecule has 0 fully saturated rings. The van der Waals surface area contributed by atoms with Gasteiger partial charge in [-0.1, -0.05) is 0 Å². The van der Waals surface area contributed by atoms with Crippen molar-refractivity contribution in [1.82, 2.24) is 4.90 Å². The summed E-state index contributed by atoms with van der Waals surface area (Å²) in [6.07, 6.45) is 3.11. The highest BCUT2D eigenvalue weighted by atomic mass is 35.5. The first-order valence-corrected chi connectivity index (χ1v) is 6.97. The zero-order valence-electron chi connectivity index (χ0n) is 9.46. The fraction of sp³-hybridized carbons (Fsp3) is 0.583. The molecule has 88 valence electrons. The first kappa shape index (κ1) is 11.9. The number of aryl methyl sites for hydroxylation is 2. The number of hydrogen-bond donors (Lipinski definition) is 0. The van der Waals surface area contributed by atoms with Gasteiger partial charge in [-0.15, -0.1) is 22.9 Å². The summed E-state index contributed by atoms with van der Waals surface area (Å²) in [5.41, 5.74) is 1.42. The molecule has 1 aromatic rings. The number of nitrogens with zero attached hydrogens (tertiary/aromatic N) is 1. The van der Waals surface area contributed by atoms with Gasteiger partial charge >= 0.3 is 0 Å². The van der Waals surface area contributed by atoms with E-state index in [9.17, 15) is 4.79 Å². The van der Waals surface area contributed by atoms with E-state index < -0.39 is 0 Å². The van der Waals surface area contributed by atoms with Crippen molar-refractivity contribution in [1.29, 1.82) is 0 Å². The summed E-state index contributed by atoms with van der Waals surface area (Å²) in [4.78, 5) is 16.0. The lowest BCUT2D eigenvalue weighted by Crippen LogP contribution is -2.27. The highest BCUT2D eigenvalue weighted by molar-refractivity contribution is 7.12. The predicted octanol–water partition coefficient (Wildman–Crippen LogP) is 2.82. The highest BCUT2D eigenvalue weighted by Crippen LogP contribution is 2.28. The molecule has 2 nitrogen and oxygen atoms in total. The summed E-state index contributed by atoms with van der Waals surface area (Å²) < 4.78 is 0. The number of fused-ring (bicyclic) bond motifs is 1. The largest absolute Gasteiger partial charge is 0.338 e. The Kier molecular flexibility index (Phi) is 3.87. The van der Waals surface area contributed by atoms with E-state index in [0.29, 0.717) is 5.88 Å². The molecule has 0 aromatic carbocycles. The molecule has 4 heteroatoms. The van der Waals surface area contributed by atoms with E-state index in [1.54, 1.807) is 6.92 Å². The minimum Gasteiger partial charge on any atom is -0.338 e. The highest BCUT2D eigenvalue weighted by Gasteiger charge is 2.18. The Balaban J connectivity index is 2.18. The molecule has 2 rings (SSSR count). The van der Waals surface area contributed by atoms with Gasteiger partial charge in [0.25, 0.3) is 0 Å². The van der Waals surface area contributed by atoms with Crippen LogP contribution < -0.4 is 0 Å². The van der Waals surface area contributed by atoms with Gasteiger partial charge in [-0.05, 0) is 30.9 Å². The Morgan fingerprint density at radius 3 is 3.12 bits per heavy atom. The van der Waals surface area contributed by atoms with E-state index in [0.717, 1.165) is 32.4 Å². The van der Waals surface area contributed by atoms with Crippen molar-refractivity contribution >= 4 is 28.8 Å². The second kappa shape index (κ2) is 5.19. The zero-order chi connectivity index (χ0) is 11.5. The zero-order valence-corrected chi connectivity index (χ0v) is 11.0. The van der Waals surface area contributed by atoms with Crippen molar-refractivity contribution in [2.75, 3.05) is 12.4 Å². The smallest absolute Gasteiger partial charge is 0.219 e. The number of thiophene rings is 1. The van der Waals surface area contributed by atoms with E-state index in [4.69, 9.17) is 11.6 Å². The molecular formula is C12H16ClNOS. The number of hydrogen-bond acceptors (Lipinski definition) is 2. The van der Waals surface area contributed by atoms with Gasteiger partial charge < -0.3 is 4.90 Å². The quantitative estimate of drug-likeness (QED) is 0.746. The lowest BCUT2D eigenvalue weighted by atomic mass is 10.1. The number of rotatable bonds is 2. The topological polar surface area (TPSA) is 20.3 Å². The van der Waals surface area contributed by atoms with Gasteiger partial charge in [0, 0.05) is 29.1 Å². The Morgan fingerprint density at radius 1 is 1.62 bits per heavy atom. The summed E-state index contributed by atoms with van der Waals surface area (Å²) in [6.45, 7) is 3.33. The summed E-state index contributed by atoms with van der Waals surface area (Å²) in [5, 5.41) is 0. The second-order valence-electron chi connectivity index (χ2n) is 4.14. The Morgan fingerprint density at radius 2 is 2.44 bits per heavy atom. The SMILES string of the molecule is CC(=O)N1CCCc2cc(CCCl)sc2C1. The van der Waals surface area contributed by atoms with Gasteiger partial charge in [0.15, 0.2) is 0 Å². The maximum absolute atomic E-state index is 11.4. The lowest BCUT2D eigenvalue weighted by Gasteiger charge is -2.17. The van der Waals surface area contributed by atoms with Crippen molar-refractivity contribution in [2.24, 2.45) is 0 Å². The van der Waals surface area contributed by atoms with Crippen LogP contribution in [0.4, 0.5) is 0 Å². The fourth-order valence-corrected chi connectivity index (χ4v) is 3.62. The fourth-order valence-electron chi connectivity index (χ4n) is 2.07. The van der Waals surface area contributed by atoms with Gasteiger partial charge in [0.1, 0.15) is 0 Å². The Bertz CT molecular complexity index is 388. The Labute approximate surface area is 105 Å². The Hall–Kier alpha value is -0.540. The molecule has 0 spiro atoms. The van der Waals surface area contributed by atoms with Crippen molar-refractivity contribution in [2.45, 2.75) is 32.7 Å². The molecule has 16 heavy (non-hydrogen) atoms. The average molecular weight is 258 g/mol. The molecule has 1 amide bonds. The molecule has 0 bridgehead atoms. The minimum absolute atomic E-state index is 0.181. The third-order valence-electron chi connectivity index (χ3n) is 2.94. The monoisotopic (exact) mass is 257 g/mol. The van der Waals surface area contributed by atoms with Crippen LogP contribution in [0.2, 0.25) is 0 Å². The van der Waals surface area contributed by atoms with E-state index in [1.165, 1.54) is 15.3 Å². The number of alkyl halides is 1. The van der Waals surface area contributed by atoms with E-state index in [2.05, 4.69) is 6.07 Å². The van der Waals surface area contributed by atoms with Crippen LogP contribution in [0.5, 0.6) is 0 Å². The first-order chi connectivity index (χ1) is 7.70. The lowest BCUT2D eigenvalue weighted by molar-refractivity contribution is -0.129. The molecule has 0 unspecified atom stereocenters. The number of amides is 1. The van der Waals surface area contributed by atoms with Crippen LogP contribution in [0.1, 0.15) is 28.7 Å². The molecule has 0 atom stereocenters. The summed E-state index contributed by atoms with van der Waals surface area (Å²) in [5.74, 6) is 0.857. The third kappa shape index (κ3) is 2.58. The van der Waals surface area contributed by atoms with Gasteiger partial charge in [-0.2, -0.15) is 0 Å². The first-order valence-electron chi connectivity index (χ1n) is 5.62. The normalized spacial score (nSPS) is 15.8. The maximum Gasteiger partial charge on any atom is 0.219 e. The molecule has 2 heterocycles. The van der Waals surface area contributed by atoms with Crippen LogP contribution in [-0.2, 0) is 24.2 Å². The number of carbonyl (C=O) groups excluding carboxylic acids is 1. The van der Waals surface area contributed by atoms with E-state index in [-0.39, 0.29) is 5.91 Å². The summed E-state index contributed by atoms with van der Waals surface area (Å²) in [6, 6.07) is 2.27. The van der Waals surface area contributed by atoms with Crippen LogP contribution >= 0.6 is 22.9 Å². The number of halogens is 1. The van der Waals surface area contributed by atoms with Crippen LogP contribution in [0.3, 0.4) is 0 Å². The van der Waals surface area contributed by atoms with Gasteiger partial charge in [0.05, 0.1) is 6.54 Å². The standard InChI is InChI=1S/C12H16ClNOS/c1-9(15)14-6-2-3-10-7-11(4-5-13)16-12(10)8-14/h7H,2-6,8H2,1H3. The van der Waals surface area contributed by atoms with E-state index in [1.807, 2.05) is 16.2 Å². The summed E-state index contributed by atoms with van der Waals surface area (Å²) in [7, 11) is 0. The van der Waals surface area contributed by atoms with Crippen LogP contribution in [0, 0.1) is 0 Å². The van der Waals surface area contributed by atoms with Gasteiger partial charge in [-0.3, -0.25) is 4.79 Å². The molecule has 1 aromatic heterocycles. The van der Waals surface area contributed by atoms with Gasteiger partial charge in [0.2, 0.25) is 5.91 Å². The predicted molar refractivity (Wildman–Crippen MR) is 68.2 cm³/mol. The molecule has 0 aliphatic carbocycles. The second-order valence-corrected chi connectivity index (χ2v) is 5.74. The molecular weight excluding hydrogens is 242 g/mol.